The summed E-state index contributed by atoms with van der Waals surface area (Å²) in [7, 11) is 0. The molecule has 1 aromatic carbocycles. The van der Waals surface area contributed by atoms with Crippen molar-refractivity contribution in [2.24, 2.45) is 5.41 Å². The van der Waals surface area contributed by atoms with Gasteiger partial charge in [-0.2, -0.15) is 0 Å². The molecule has 1 unspecified atom stereocenters. The van der Waals surface area contributed by atoms with E-state index in [1.165, 1.54) is 11.1 Å². The van der Waals surface area contributed by atoms with E-state index in [4.69, 9.17) is 5.11 Å². The van der Waals surface area contributed by atoms with Crippen LogP contribution in [0.5, 0.6) is 0 Å². The maximum Gasteiger partial charge on any atom is 0.0436 e. The summed E-state index contributed by atoms with van der Waals surface area (Å²) in [5.41, 5.74) is 2.77. The number of rotatable bonds is 6. The molecule has 1 aromatic rings. The van der Waals surface area contributed by atoms with Crippen molar-refractivity contribution in [1.29, 1.82) is 0 Å². The van der Waals surface area contributed by atoms with Gasteiger partial charge in [-0.15, -0.1) is 0 Å². The van der Waals surface area contributed by atoms with Gasteiger partial charge < -0.3 is 10.4 Å². The fourth-order valence-corrected chi connectivity index (χ4v) is 1.88. The summed E-state index contributed by atoms with van der Waals surface area (Å²) in [4.78, 5) is 0. The van der Waals surface area contributed by atoms with E-state index >= 15 is 0 Å². The lowest BCUT2D eigenvalue weighted by atomic mass is 9.89. The van der Waals surface area contributed by atoms with Crippen LogP contribution in [0.15, 0.2) is 24.3 Å². The van der Waals surface area contributed by atoms with Gasteiger partial charge in [0.1, 0.15) is 0 Å². The third-order valence-electron chi connectivity index (χ3n) is 3.22. The van der Waals surface area contributed by atoms with Crippen molar-refractivity contribution in [1.82, 2.24) is 5.32 Å². The van der Waals surface area contributed by atoms with Crippen LogP contribution in [-0.2, 0) is 0 Å². The van der Waals surface area contributed by atoms with Gasteiger partial charge in [-0.1, -0.05) is 43.7 Å². The second-order valence-corrected chi connectivity index (χ2v) is 5.65. The lowest BCUT2D eigenvalue weighted by Gasteiger charge is -2.26. The lowest BCUT2D eigenvalue weighted by Crippen LogP contribution is -2.32. The van der Waals surface area contributed by atoms with Crippen LogP contribution in [0.1, 0.15) is 44.4 Å². The average Bonchev–Trinajstić information content (AvgIpc) is 2.26. The van der Waals surface area contributed by atoms with Gasteiger partial charge in [-0.3, -0.25) is 0 Å². The van der Waals surface area contributed by atoms with Gasteiger partial charge in [0.25, 0.3) is 0 Å². The summed E-state index contributed by atoms with van der Waals surface area (Å²) in [6.07, 6.45) is 0.834. The van der Waals surface area contributed by atoms with Crippen molar-refractivity contribution in [3.05, 3.63) is 35.4 Å². The van der Waals surface area contributed by atoms with Crippen LogP contribution < -0.4 is 5.32 Å². The molecule has 0 aliphatic heterocycles. The Hall–Kier alpha value is -0.860. The first kappa shape index (κ1) is 14.2. The van der Waals surface area contributed by atoms with Gasteiger partial charge in [0.05, 0.1) is 0 Å². The number of hydrogen-bond donors (Lipinski definition) is 2. The number of benzene rings is 1. The Bertz CT molecular complexity index is 347. The van der Waals surface area contributed by atoms with Crippen molar-refractivity contribution < 1.29 is 5.11 Å². The van der Waals surface area contributed by atoms with Gasteiger partial charge in [-0.25, -0.2) is 0 Å². The predicted octanol–water partition coefficient (Wildman–Crippen LogP) is 3.05. The molecule has 0 spiro atoms. The van der Waals surface area contributed by atoms with E-state index in [2.05, 4.69) is 57.3 Å². The number of aliphatic hydroxyl groups is 1. The third kappa shape index (κ3) is 4.88. The van der Waals surface area contributed by atoms with E-state index < -0.39 is 0 Å². The largest absolute Gasteiger partial charge is 0.396 e. The first-order valence-corrected chi connectivity index (χ1v) is 6.35. The molecule has 0 aliphatic carbocycles. The van der Waals surface area contributed by atoms with Crippen molar-refractivity contribution in [2.75, 3.05) is 13.2 Å². The fourth-order valence-electron chi connectivity index (χ4n) is 1.88. The normalized spacial score (nSPS) is 13.7. The molecule has 0 saturated carbocycles. The minimum Gasteiger partial charge on any atom is -0.396 e. The second kappa shape index (κ2) is 6.18. The Morgan fingerprint density at radius 1 is 1.35 bits per heavy atom. The fraction of sp³-hybridized carbons (Fsp3) is 0.600. The molecule has 0 saturated heterocycles. The summed E-state index contributed by atoms with van der Waals surface area (Å²) in [6.45, 7) is 9.84. The zero-order valence-electron chi connectivity index (χ0n) is 11.5. The summed E-state index contributed by atoms with van der Waals surface area (Å²) >= 11 is 0. The van der Waals surface area contributed by atoms with Crippen LogP contribution in [-0.4, -0.2) is 18.3 Å². The van der Waals surface area contributed by atoms with Gasteiger partial charge in [-0.05, 0) is 31.2 Å². The first-order valence-electron chi connectivity index (χ1n) is 6.35. The predicted molar refractivity (Wildman–Crippen MR) is 73.1 cm³/mol. The molecule has 0 aromatic heterocycles. The summed E-state index contributed by atoms with van der Waals surface area (Å²) in [5, 5.41) is 12.5. The van der Waals surface area contributed by atoms with Crippen LogP contribution in [0.4, 0.5) is 0 Å². The Kier molecular flexibility index (Phi) is 5.16. The quantitative estimate of drug-likeness (QED) is 0.794. The first-order chi connectivity index (χ1) is 7.94. The highest BCUT2D eigenvalue weighted by Crippen LogP contribution is 2.21. The van der Waals surface area contributed by atoms with E-state index in [0.717, 1.165) is 13.0 Å². The van der Waals surface area contributed by atoms with E-state index in [1.807, 2.05) is 0 Å². The maximum absolute atomic E-state index is 8.99. The van der Waals surface area contributed by atoms with Crippen LogP contribution in [0.3, 0.4) is 0 Å². The smallest absolute Gasteiger partial charge is 0.0436 e. The highest BCUT2D eigenvalue weighted by molar-refractivity contribution is 5.24. The van der Waals surface area contributed by atoms with Gasteiger partial charge in [0.15, 0.2) is 0 Å². The van der Waals surface area contributed by atoms with E-state index in [0.29, 0.717) is 6.04 Å². The van der Waals surface area contributed by atoms with E-state index in [1.54, 1.807) is 0 Å². The minimum absolute atomic E-state index is 0.146. The molecule has 17 heavy (non-hydrogen) atoms. The van der Waals surface area contributed by atoms with E-state index in [9.17, 15) is 0 Å². The van der Waals surface area contributed by atoms with Gasteiger partial charge >= 0.3 is 0 Å². The Balaban J connectivity index is 2.52. The Morgan fingerprint density at radius 2 is 2.06 bits per heavy atom. The summed E-state index contributed by atoms with van der Waals surface area (Å²) < 4.78 is 0. The molecule has 2 N–H and O–H groups in total. The van der Waals surface area contributed by atoms with Gasteiger partial charge in [0, 0.05) is 19.2 Å². The number of aryl methyl sites for hydroxylation is 1. The molecule has 0 radical (unpaired) electrons. The monoisotopic (exact) mass is 235 g/mol. The van der Waals surface area contributed by atoms with Crippen molar-refractivity contribution in [2.45, 2.75) is 40.2 Å². The molecule has 0 fully saturated rings. The molecular formula is C15H25NO. The Labute approximate surface area is 105 Å². The topological polar surface area (TPSA) is 32.3 Å². The van der Waals surface area contributed by atoms with Crippen LogP contribution in [0, 0.1) is 12.3 Å². The van der Waals surface area contributed by atoms with Crippen molar-refractivity contribution in [3.63, 3.8) is 0 Å². The van der Waals surface area contributed by atoms with Crippen molar-refractivity contribution >= 4 is 0 Å². The molecule has 0 amide bonds. The second-order valence-electron chi connectivity index (χ2n) is 5.65. The van der Waals surface area contributed by atoms with E-state index in [-0.39, 0.29) is 12.0 Å². The molecule has 1 rings (SSSR count). The molecule has 2 nitrogen and oxygen atoms in total. The van der Waals surface area contributed by atoms with Crippen LogP contribution in [0.2, 0.25) is 0 Å². The molecular weight excluding hydrogens is 210 g/mol. The number of nitrogens with one attached hydrogen (secondary N) is 1. The molecule has 2 heteroatoms. The lowest BCUT2D eigenvalue weighted by molar-refractivity contribution is 0.204. The highest BCUT2D eigenvalue weighted by atomic mass is 16.3. The Morgan fingerprint density at radius 3 is 2.65 bits per heavy atom. The average molecular weight is 235 g/mol. The SMILES string of the molecule is Cc1cccc(C(C)NCC(C)(C)CCO)c1. The highest BCUT2D eigenvalue weighted by Gasteiger charge is 2.18. The maximum atomic E-state index is 8.99. The van der Waals surface area contributed by atoms with Gasteiger partial charge in [0.2, 0.25) is 0 Å². The zero-order valence-corrected chi connectivity index (χ0v) is 11.5. The number of hydrogen-bond acceptors (Lipinski definition) is 2. The van der Waals surface area contributed by atoms with Crippen molar-refractivity contribution in [3.8, 4) is 0 Å². The molecule has 96 valence electrons. The number of aliphatic hydroxyl groups excluding tert-OH is 1. The van der Waals surface area contributed by atoms with Crippen LogP contribution in [0.25, 0.3) is 0 Å². The van der Waals surface area contributed by atoms with Crippen LogP contribution >= 0.6 is 0 Å². The molecule has 0 heterocycles. The summed E-state index contributed by atoms with van der Waals surface area (Å²) in [5.74, 6) is 0. The molecule has 1 atom stereocenters. The molecule has 0 bridgehead atoms. The third-order valence-corrected chi connectivity index (χ3v) is 3.22. The zero-order chi connectivity index (χ0) is 12.9. The standard InChI is InChI=1S/C15H25NO/c1-12-6-5-7-14(10-12)13(2)16-11-15(3,4)8-9-17/h5-7,10,13,16-17H,8-9,11H2,1-4H3. The molecule has 0 aliphatic rings. The summed E-state index contributed by atoms with van der Waals surface area (Å²) in [6, 6.07) is 8.95. The minimum atomic E-state index is 0.146.